The fourth-order valence-electron chi connectivity index (χ4n) is 5.37. The quantitative estimate of drug-likeness (QED) is 0.179. The predicted octanol–water partition coefficient (Wildman–Crippen LogP) is 8.40. The van der Waals surface area contributed by atoms with Crippen molar-refractivity contribution in [3.63, 3.8) is 0 Å². The molecule has 1 aliphatic heterocycles. The molecule has 1 N–H and O–H groups in total. The van der Waals surface area contributed by atoms with Gasteiger partial charge in [-0.25, -0.2) is 4.68 Å². The number of para-hydroxylation sites is 5. The van der Waals surface area contributed by atoms with Crippen LogP contribution in [0.4, 0.5) is 22.7 Å². The molecule has 0 spiro atoms. The largest absolute Gasteiger partial charge is 2.00 e. The maximum atomic E-state index is 10.4. The van der Waals surface area contributed by atoms with Crippen LogP contribution in [0.3, 0.4) is 0 Å². The molecule has 0 saturated carbocycles. The number of aromatic nitrogens is 3. The second-order valence-electron chi connectivity index (χ2n) is 10.8. The zero-order valence-electron chi connectivity index (χ0n) is 23.8. The van der Waals surface area contributed by atoms with Gasteiger partial charge in [-0.3, -0.25) is 4.98 Å². The van der Waals surface area contributed by atoms with Crippen LogP contribution in [-0.4, -0.2) is 19.9 Å². The van der Waals surface area contributed by atoms with Crippen LogP contribution in [0.5, 0.6) is 5.75 Å². The van der Waals surface area contributed by atoms with Gasteiger partial charge in [0.2, 0.25) is 0 Å². The van der Waals surface area contributed by atoms with Crippen LogP contribution in [0.1, 0.15) is 56.5 Å². The number of fused-ring (bicyclic) bond motifs is 1. The van der Waals surface area contributed by atoms with Gasteiger partial charge in [-0.05, 0) is 54.2 Å². The zero-order chi connectivity index (χ0) is 28.0. The Morgan fingerprint density at radius 1 is 0.732 bits per heavy atom. The molecule has 0 unspecified atom stereocenters. The van der Waals surface area contributed by atoms with Gasteiger partial charge >= 0.3 is 21.1 Å². The molecule has 0 aliphatic carbocycles. The van der Waals surface area contributed by atoms with E-state index in [4.69, 9.17) is 10.1 Å². The standard InChI is InChI=1S/C34H33N5O.Pt/c1-22(2)27-14-11-15-28(23(3)4)33(27)38-21-37(29-16-6-7-17-30(29)38)26-13-10-12-25(20-26)34-35-24(5)39(36-34)31-18-8-9-19-32(31)40;/h6-19,21-23,40H,1-5H3;/q-2;+2. The number of anilines is 4. The molecule has 4 aromatic carbocycles. The normalized spacial score (nSPS) is 12.7. The minimum Gasteiger partial charge on any atom is -0.506 e. The molecule has 1 aliphatic rings. The number of hydrogen-bond donors (Lipinski definition) is 1. The van der Waals surface area contributed by atoms with Crippen molar-refractivity contribution in [2.45, 2.75) is 46.5 Å². The van der Waals surface area contributed by atoms with Crippen LogP contribution in [0.15, 0.2) is 84.9 Å². The van der Waals surface area contributed by atoms with Gasteiger partial charge in [-0.1, -0.05) is 75.8 Å². The van der Waals surface area contributed by atoms with E-state index in [1.807, 2.05) is 31.2 Å². The molecule has 0 saturated heterocycles. The molecule has 0 bridgehead atoms. The number of aryl methyl sites for hydroxylation is 1. The first-order chi connectivity index (χ1) is 19.3. The Balaban J connectivity index is 0.00000337. The molecule has 0 amide bonds. The summed E-state index contributed by atoms with van der Waals surface area (Å²) in [5, 5.41) is 15.1. The van der Waals surface area contributed by atoms with Gasteiger partial charge in [0, 0.05) is 17.1 Å². The summed E-state index contributed by atoms with van der Waals surface area (Å²) in [7, 11) is 0. The topological polar surface area (TPSA) is 57.4 Å². The van der Waals surface area contributed by atoms with E-state index >= 15 is 0 Å². The molecule has 6 rings (SSSR count). The summed E-state index contributed by atoms with van der Waals surface area (Å²) in [6, 6.07) is 31.9. The number of benzene rings is 4. The first kappa shape index (κ1) is 28.6. The predicted molar refractivity (Wildman–Crippen MR) is 162 cm³/mol. The minimum absolute atomic E-state index is 0. The van der Waals surface area contributed by atoms with Gasteiger partial charge in [0.15, 0.2) is 0 Å². The Morgan fingerprint density at radius 3 is 1.95 bits per heavy atom. The number of aromatic hydroxyl groups is 1. The molecule has 6 nitrogen and oxygen atoms in total. The first-order valence-electron chi connectivity index (χ1n) is 13.7. The fourth-order valence-corrected chi connectivity index (χ4v) is 5.37. The second kappa shape index (κ2) is 11.5. The Kier molecular flexibility index (Phi) is 8.06. The van der Waals surface area contributed by atoms with Gasteiger partial charge in [-0.2, -0.15) is 5.10 Å². The van der Waals surface area contributed by atoms with Crippen LogP contribution < -0.4 is 9.80 Å². The van der Waals surface area contributed by atoms with E-state index in [1.165, 1.54) is 16.8 Å². The number of rotatable bonds is 6. The minimum atomic E-state index is 0. The summed E-state index contributed by atoms with van der Waals surface area (Å²) < 4.78 is 1.67. The summed E-state index contributed by atoms with van der Waals surface area (Å²) in [4.78, 5) is 9.22. The average Bonchev–Trinajstić information content (AvgIpc) is 3.54. The Hall–Kier alpha value is -3.89. The first-order valence-corrected chi connectivity index (χ1v) is 13.7. The van der Waals surface area contributed by atoms with E-state index in [0.717, 1.165) is 22.6 Å². The van der Waals surface area contributed by atoms with E-state index in [1.54, 1.807) is 16.8 Å². The van der Waals surface area contributed by atoms with E-state index in [0.29, 0.717) is 29.2 Å². The molecular weight excluding hydrogens is 689 g/mol. The van der Waals surface area contributed by atoms with Gasteiger partial charge in [0.25, 0.3) is 0 Å². The molecule has 1 aromatic heterocycles. The van der Waals surface area contributed by atoms with Gasteiger partial charge in [0.05, 0.1) is 5.82 Å². The fraction of sp³-hybridized carbons (Fsp3) is 0.206. The van der Waals surface area contributed by atoms with Crippen LogP contribution in [0, 0.1) is 19.7 Å². The number of nitrogens with zero attached hydrogens (tertiary/aromatic N) is 5. The van der Waals surface area contributed by atoms with E-state index in [2.05, 4.69) is 98.8 Å². The number of phenols is 1. The Labute approximate surface area is 256 Å². The van der Waals surface area contributed by atoms with Crippen LogP contribution >= 0.6 is 0 Å². The van der Waals surface area contributed by atoms with E-state index in [9.17, 15) is 5.11 Å². The average molecular weight is 723 g/mol. The summed E-state index contributed by atoms with van der Waals surface area (Å²) in [5.74, 6) is 2.16. The second-order valence-corrected chi connectivity index (χ2v) is 10.8. The van der Waals surface area contributed by atoms with Crippen LogP contribution in [0.25, 0.3) is 17.1 Å². The van der Waals surface area contributed by atoms with Crippen molar-refractivity contribution in [1.82, 2.24) is 14.8 Å². The monoisotopic (exact) mass is 722 g/mol. The van der Waals surface area contributed by atoms with E-state index in [-0.39, 0.29) is 26.8 Å². The van der Waals surface area contributed by atoms with Crippen LogP contribution in [0.2, 0.25) is 0 Å². The van der Waals surface area contributed by atoms with Crippen molar-refractivity contribution >= 4 is 22.7 Å². The van der Waals surface area contributed by atoms with Crippen molar-refractivity contribution in [2.75, 3.05) is 9.80 Å². The van der Waals surface area contributed by atoms with Crippen molar-refractivity contribution in [3.8, 4) is 22.8 Å². The third kappa shape index (κ3) is 5.17. The number of hydrogen-bond acceptors (Lipinski definition) is 5. The Morgan fingerprint density at radius 2 is 1.32 bits per heavy atom. The summed E-state index contributed by atoms with van der Waals surface area (Å²) >= 11 is 0. The third-order valence-electron chi connectivity index (χ3n) is 7.37. The number of phenolic OH excluding ortho intramolecular Hbond substituents is 1. The molecule has 0 atom stereocenters. The molecule has 0 fully saturated rings. The summed E-state index contributed by atoms with van der Waals surface area (Å²) in [6.45, 7) is 13.1. The summed E-state index contributed by atoms with van der Waals surface area (Å²) in [5.41, 5.74) is 8.40. The maximum absolute atomic E-state index is 10.4. The molecule has 2 heterocycles. The zero-order valence-corrected chi connectivity index (χ0v) is 26.1. The molecule has 210 valence electrons. The van der Waals surface area contributed by atoms with Crippen LogP contribution in [-0.2, 0) is 21.1 Å². The van der Waals surface area contributed by atoms with Gasteiger partial charge < -0.3 is 14.9 Å². The van der Waals surface area contributed by atoms with Gasteiger partial charge in [0.1, 0.15) is 17.3 Å². The van der Waals surface area contributed by atoms with Crippen molar-refractivity contribution in [1.29, 1.82) is 0 Å². The maximum Gasteiger partial charge on any atom is 2.00 e. The third-order valence-corrected chi connectivity index (χ3v) is 7.37. The SMILES string of the molecule is Cc1nc(-c2[c-]c(N3[CH-]N(c4c(C(C)C)cccc4C(C)C)c4ccccc43)ccc2)nn1-c1ccccc1O.[Pt+2]. The molecule has 41 heavy (non-hydrogen) atoms. The smallest absolute Gasteiger partial charge is 0.506 e. The van der Waals surface area contributed by atoms with E-state index < -0.39 is 0 Å². The Bertz CT molecular complexity index is 1670. The molecule has 0 radical (unpaired) electrons. The van der Waals surface area contributed by atoms with Crippen molar-refractivity contribution < 1.29 is 26.2 Å². The molecule has 5 aromatic rings. The van der Waals surface area contributed by atoms with Crippen molar-refractivity contribution in [2.24, 2.45) is 0 Å². The molecule has 7 heteroatoms. The van der Waals surface area contributed by atoms with Gasteiger partial charge in [-0.15, -0.1) is 36.5 Å². The summed E-state index contributed by atoms with van der Waals surface area (Å²) in [6.07, 6.45) is 0. The molecular formula is C34H33N5OPt. The van der Waals surface area contributed by atoms with Crippen molar-refractivity contribution in [3.05, 3.63) is 115 Å².